The van der Waals surface area contributed by atoms with E-state index in [-0.39, 0.29) is 10.9 Å². The number of fused-ring (bicyclic) bond motifs is 1. The second-order valence-corrected chi connectivity index (χ2v) is 10.2. The number of ether oxygens (including phenoxy) is 1. The zero-order valence-corrected chi connectivity index (χ0v) is 17.5. The predicted octanol–water partition coefficient (Wildman–Crippen LogP) is 3.05. The number of pyridine rings is 1. The Morgan fingerprint density at radius 3 is 2.66 bits per heavy atom. The zero-order valence-electron chi connectivity index (χ0n) is 15.9. The molecule has 4 heterocycles. The van der Waals surface area contributed by atoms with Crippen LogP contribution in [0.25, 0.3) is 10.2 Å². The second kappa shape index (κ2) is 7.64. The predicted molar refractivity (Wildman–Crippen MR) is 113 cm³/mol. The van der Waals surface area contributed by atoms with Crippen molar-refractivity contribution in [2.75, 3.05) is 37.7 Å². The number of sulfonamides is 1. The molecule has 1 aromatic carbocycles. The average molecular weight is 431 g/mol. The Kier molecular flexibility index (Phi) is 4.99. The van der Waals surface area contributed by atoms with Crippen molar-refractivity contribution in [3.63, 3.8) is 0 Å². The summed E-state index contributed by atoms with van der Waals surface area (Å²) in [5, 5.41) is 1.09. The van der Waals surface area contributed by atoms with Crippen molar-refractivity contribution in [2.24, 2.45) is 0 Å². The maximum absolute atomic E-state index is 12.8. The number of aromatic nitrogens is 2. The van der Waals surface area contributed by atoms with Gasteiger partial charge in [0.05, 0.1) is 29.5 Å². The molecule has 2 aliphatic rings. The van der Waals surface area contributed by atoms with Crippen LogP contribution < -0.4 is 4.90 Å². The van der Waals surface area contributed by atoms with E-state index in [0.29, 0.717) is 26.3 Å². The van der Waals surface area contributed by atoms with Crippen LogP contribution >= 0.6 is 11.3 Å². The third-order valence-corrected chi connectivity index (χ3v) is 8.49. The number of hydrogen-bond acceptors (Lipinski definition) is 7. The Morgan fingerprint density at radius 2 is 1.90 bits per heavy atom. The van der Waals surface area contributed by atoms with Crippen molar-refractivity contribution in [3.05, 3.63) is 47.6 Å². The Labute approximate surface area is 174 Å². The standard InChI is InChI=1S/C20H22N4O3S2/c25-29(26,23-10-12-27-13-11-23)15-7-8-19(21-14-15)24-9-3-5-17(24)20-22-16-4-1-2-6-18(16)28-20/h1-2,4,6-8,14,17H,3,5,9-13H2/t17-/m1/s1. The largest absolute Gasteiger partial charge is 0.379 e. The highest BCUT2D eigenvalue weighted by Crippen LogP contribution is 2.38. The summed E-state index contributed by atoms with van der Waals surface area (Å²) in [7, 11) is -3.52. The third-order valence-electron chi connectivity index (χ3n) is 5.47. The lowest BCUT2D eigenvalue weighted by atomic mass is 10.2. The van der Waals surface area contributed by atoms with Crippen LogP contribution in [0.1, 0.15) is 23.9 Å². The summed E-state index contributed by atoms with van der Waals surface area (Å²) in [6.07, 6.45) is 3.57. The van der Waals surface area contributed by atoms with E-state index in [0.717, 1.165) is 35.7 Å². The van der Waals surface area contributed by atoms with Gasteiger partial charge in [-0.05, 0) is 37.1 Å². The molecule has 1 atom stereocenters. The molecular formula is C20H22N4O3S2. The maximum atomic E-state index is 12.8. The summed E-state index contributed by atoms with van der Waals surface area (Å²) in [6, 6.07) is 11.8. The summed E-state index contributed by atoms with van der Waals surface area (Å²) in [4.78, 5) is 11.8. The van der Waals surface area contributed by atoms with Gasteiger partial charge in [0.25, 0.3) is 0 Å². The molecule has 5 rings (SSSR count). The van der Waals surface area contributed by atoms with Gasteiger partial charge in [0.15, 0.2) is 0 Å². The first kappa shape index (κ1) is 18.9. The van der Waals surface area contributed by atoms with Gasteiger partial charge in [0.2, 0.25) is 10.0 Å². The van der Waals surface area contributed by atoms with Crippen molar-refractivity contribution >= 4 is 37.4 Å². The molecule has 7 nitrogen and oxygen atoms in total. The van der Waals surface area contributed by atoms with Gasteiger partial charge in [-0.3, -0.25) is 0 Å². The molecule has 29 heavy (non-hydrogen) atoms. The molecule has 152 valence electrons. The third kappa shape index (κ3) is 3.52. The van der Waals surface area contributed by atoms with Gasteiger partial charge in [-0.2, -0.15) is 4.31 Å². The first-order chi connectivity index (χ1) is 14.1. The number of morpholine rings is 1. The van der Waals surface area contributed by atoms with Crippen LogP contribution in [0.4, 0.5) is 5.82 Å². The number of benzene rings is 1. The normalized spacial score (nSPS) is 21.1. The van der Waals surface area contributed by atoms with E-state index in [2.05, 4.69) is 16.0 Å². The fraction of sp³-hybridized carbons (Fsp3) is 0.400. The van der Waals surface area contributed by atoms with E-state index in [1.165, 1.54) is 15.2 Å². The van der Waals surface area contributed by atoms with Crippen molar-refractivity contribution < 1.29 is 13.2 Å². The van der Waals surface area contributed by atoms with Crippen molar-refractivity contribution in [3.8, 4) is 0 Å². The van der Waals surface area contributed by atoms with Crippen LogP contribution in [0.3, 0.4) is 0 Å². The van der Waals surface area contributed by atoms with Gasteiger partial charge < -0.3 is 9.64 Å². The van der Waals surface area contributed by atoms with E-state index >= 15 is 0 Å². The maximum Gasteiger partial charge on any atom is 0.244 e. The summed E-state index contributed by atoms with van der Waals surface area (Å²) >= 11 is 1.72. The number of thiazole rings is 1. The first-order valence-corrected chi connectivity index (χ1v) is 12.0. The number of hydrogen-bond donors (Lipinski definition) is 0. The molecule has 0 saturated carbocycles. The van der Waals surface area contributed by atoms with Crippen LogP contribution in [-0.2, 0) is 14.8 Å². The molecule has 2 aliphatic heterocycles. The zero-order chi connectivity index (χ0) is 19.8. The van der Waals surface area contributed by atoms with E-state index in [4.69, 9.17) is 9.72 Å². The van der Waals surface area contributed by atoms with E-state index in [9.17, 15) is 8.42 Å². The number of anilines is 1. The lowest BCUT2D eigenvalue weighted by Crippen LogP contribution is -2.40. The fourth-order valence-corrected chi connectivity index (χ4v) is 6.43. The molecule has 9 heteroatoms. The molecule has 0 N–H and O–H groups in total. The van der Waals surface area contributed by atoms with Gasteiger partial charge >= 0.3 is 0 Å². The first-order valence-electron chi connectivity index (χ1n) is 9.79. The molecule has 0 bridgehead atoms. The van der Waals surface area contributed by atoms with Gasteiger partial charge in [-0.15, -0.1) is 11.3 Å². The summed E-state index contributed by atoms with van der Waals surface area (Å²) in [5.74, 6) is 0.799. The van der Waals surface area contributed by atoms with Gasteiger partial charge in [-0.1, -0.05) is 12.1 Å². The monoisotopic (exact) mass is 430 g/mol. The lowest BCUT2D eigenvalue weighted by molar-refractivity contribution is 0.0730. The van der Waals surface area contributed by atoms with Gasteiger partial charge in [0.1, 0.15) is 15.7 Å². The quantitative estimate of drug-likeness (QED) is 0.633. The molecular weight excluding hydrogens is 408 g/mol. The summed E-state index contributed by atoms with van der Waals surface area (Å²) in [6.45, 7) is 2.53. The minimum Gasteiger partial charge on any atom is -0.379 e. The van der Waals surface area contributed by atoms with E-state index in [1.54, 1.807) is 17.4 Å². The second-order valence-electron chi connectivity index (χ2n) is 7.24. The topological polar surface area (TPSA) is 75.6 Å². The van der Waals surface area contributed by atoms with Crippen molar-refractivity contribution in [2.45, 2.75) is 23.8 Å². The Bertz CT molecular complexity index is 1080. The molecule has 2 saturated heterocycles. The van der Waals surface area contributed by atoms with Crippen LogP contribution in [0.15, 0.2) is 47.5 Å². The molecule has 2 fully saturated rings. The van der Waals surface area contributed by atoms with Crippen LogP contribution in [0.2, 0.25) is 0 Å². The van der Waals surface area contributed by atoms with E-state index < -0.39 is 10.0 Å². The average Bonchev–Trinajstić information content (AvgIpc) is 3.41. The molecule has 0 aliphatic carbocycles. The molecule has 0 unspecified atom stereocenters. The minimum atomic E-state index is -3.52. The van der Waals surface area contributed by atoms with Gasteiger partial charge in [0, 0.05) is 25.8 Å². The Balaban J connectivity index is 1.40. The Hall–Kier alpha value is -2.07. The Morgan fingerprint density at radius 1 is 1.07 bits per heavy atom. The van der Waals surface area contributed by atoms with Crippen LogP contribution in [0.5, 0.6) is 0 Å². The molecule has 0 amide bonds. The molecule has 0 radical (unpaired) electrons. The van der Waals surface area contributed by atoms with E-state index in [1.807, 2.05) is 24.3 Å². The van der Waals surface area contributed by atoms with Crippen LogP contribution in [-0.4, -0.2) is 55.5 Å². The fourth-order valence-electron chi connectivity index (χ4n) is 3.96. The van der Waals surface area contributed by atoms with Crippen molar-refractivity contribution in [1.29, 1.82) is 0 Å². The number of para-hydroxylation sites is 1. The summed E-state index contributed by atoms with van der Waals surface area (Å²) in [5.41, 5.74) is 1.03. The highest BCUT2D eigenvalue weighted by atomic mass is 32.2. The molecule has 0 spiro atoms. The van der Waals surface area contributed by atoms with Crippen molar-refractivity contribution in [1.82, 2.24) is 14.3 Å². The van der Waals surface area contributed by atoms with Gasteiger partial charge in [-0.25, -0.2) is 18.4 Å². The molecule has 3 aromatic rings. The smallest absolute Gasteiger partial charge is 0.244 e. The van der Waals surface area contributed by atoms with Crippen LogP contribution in [0, 0.1) is 0 Å². The SMILES string of the molecule is O=S(=O)(c1ccc(N2CCC[C@@H]2c2nc3ccccc3s2)nc1)N1CCOCC1. The number of nitrogens with zero attached hydrogens (tertiary/aromatic N) is 4. The highest BCUT2D eigenvalue weighted by Gasteiger charge is 2.31. The molecule has 2 aromatic heterocycles. The lowest BCUT2D eigenvalue weighted by Gasteiger charge is -2.27. The minimum absolute atomic E-state index is 0.182. The highest BCUT2D eigenvalue weighted by molar-refractivity contribution is 7.89. The summed E-state index contributed by atoms with van der Waals surface area (Å²) < 4.78 is 33.5. The number of rotatable bonds is 4.